The monoisotopic (exact) mass is 493 g/mol. The summed E-state index contributed by atoms with van der Waals surface area (Å²) in [4.78, 5) is 30.9. The molecule has 2 aromatic carbocycles. The van der Waals surface area contributed by atoms with Crippen LogP contribution in [-0.4, -0.2) is 57.2 Å². The van der Waals surface area contributed by atoms with Crippen molar-refractivity contribution in [3.05, 3.63) is 76.0 Å². The summed E-state index contributed by atoms with van der Waals surface area (Å²) in [6.07, 6.45) is 2.00. The number of methoxy groups -OCH3 is 1. The number of ether oxygens (including phenoxy) is 2. The van der Waals surface area contributed by atoms with E-state index >= 15 is 0 Å². The zero-order valence-electron chi connectivity index (χ0n) is 20.3. The van der Waals surface area contributed by atoms with Crippen molar-refractivity contribution in [1.82, 2.24) is 4.90 Å². The molecule has 0 bridgehead atoms. The molecule has 4 rings (SSSR count). The molecule has 0 radical (unpaired) electrons. The first-order valence-corrected chi connectivity index (χ1v) is 12.5. The molecular formula is C27H31N3O4S. The molecule has 0 aliphatic carbocycles. The smallest absolute Gasteiger partial charge is 0.264 e. The predicted molar refractivity (Wildman–Crippen MR) is 140 cm³/mol. The summed E-state index contributed by atoms with van der Waals surface area (Å²) < 4.78 is 11.2. The van der Waals surface area contributed by atoms with Crippen LogP contribution in [0.5, 0.6) is 5.75 Å². The number of hydrogen-bond donors (Lipinski definition) is 1. The number of carbonyl (C=O) groups is 2. The van der Waals surface area contributed by atoms with E-state index in [4.69, 9.17) is 9.47 Å². The first kappa shape index (κ1) is 24.8. The SMILES string of the molecule is COc1ccccc1C(=O)Nc1ccc(N(C)C)c(CN(C[C@@H]2CCCO2)C(=O)c2cccs2)c1. The van der Waals surface area contributed by atoms with Gasteiger partial charge in [-0.1, -0.05) is 18.2 Å². The van der Waals surface area contributed by atoms with Gasteiger partial charge in [-0.25, -0.2) is 0 Å². The van der Waals surface area contributed by atoms with Gasteiger partial charge in [0.15, 0.2) is 0 Å². The maximum absolute atomic E-state index is 13.4. The van der Waals surface area contributed by atoms with Gasteiger partial charge >= 0.3 is 0 Å². The van der Waals surface area contributed by atoms with Gasteiger partial charge in [-0.3, -0.25) is 9.59 Å². The number of para-hydroxylation sites is 1. The second kappa shape index (κ2) is 11.4. The van der Waals surface area contributed by atoms with Crippen LogP contribution in [0.15, 0.2) is 60.0 Å². The number of amides is 2. The molecule has 1 fully saturated rings. The molecule has 1 aliphatic heterocycles. The van der Waals surface area contributed by atoms with Crippen molar-refractivity contribution in [2.24, 2.45) is 0 Å². The number of nitrogens with one attached hydrogen (secondary N) is 1. The van der Waals surface area contributed by atoms with Gasteiger partial charge in [0.05, 0.1) is 23.7 Å². The van der Waals surface area contributed by atoms with Gasteiger partial charge in [-0.2, -0.15) is 0 Å². The molecule has 0 spiro atoms. The van der Waals surface area contributed by atoms with Crippen LogP contribution in [0.3, 0.4) is 0 Å². The molecule has 184 valence electrons. The van der Waals surface area contributed by atoms with Crippen LogP contribution in [0.25, 0.3) is 0 Å². The Kier molecular flexibility index (Phi) is 8.05. The van der Waals surface area contributed by atoms with Crippen LogP contribution >= 0.6 is 11.3 Å². The van der Waals surface area contributed by atoms with E-state index in [2.05, 4.69) is 5.32 Å². The van der Waals surface area contributed by atoms with Crippen LogP contribution in [0, 0.1) is 0 Å². The van der Waals surface area contributed by atoms with Crippen LogP contribution in [-0.2, 0) is 11.3 Å². The lowest BCUT2D eigenvalue weighted by Crippen LogP contribution is -2.37. The molecule has 1 saturated heterocycles. The first-order chi connectivity index (χ1) is 17.0. The predicted octanol–water partition coefficient (Wildman–Crippen LogP) is 4.90. The summed E-state index contributed by atoms with van der Waals surface area (Å²) in [6.45, 7) is 1.67. The van der Waals surface area contributed by atoms with Gasteiger partial charge in [-0.05, 0) is 60.2 Å². The standard InChI is InChI=1S/C27H31N3O4S/c1-29(2)23-13-12-20(28-26(31)22-9-4-5-10-24(22)33-3)16-19(23)17-30(18-21-8-6-14-34-21)27(32)25-11-7-15-35-25/h4-5,7,9-13,15-16,21H,6,8,14,17-18H2,1-3H3,(H,28,31)/t21-/m0/s1. The summed E-state index contributed by atoms with van der Waals surface area (Å²) in [5, 5.41) is 4.89. The first-order valence-electron chi connectivity index (χ1n) is 11.6. The normalized spacial score (nSPS) is 15.0. The Bertz CT molecular complexity index is 1160. The molecule has 1 N–H and O–H groups in total. The van der Waals surface area contributed by atoms with Crippen molar-refractivity contribution in [3.8, 4) is 5.75 Å². The molecule has 3 aromatic rings. The Balaban J connectivity index is 1.61. The Morgan fingerprint density at radius 1 is 1.14 bits per heavy atom. The lowest BCUT2D eigenvalue weighted by molar-refractivity contribution is 0.0511. The average Bonchev–Trinajstić information content (AvgIpc) is 3.58. The highest BCUT2D eigenvalue weighted by Gasteiger charge is 2.25. The van der Waals surface area contributed by atoms with Gasteiger partial charge < -0.3 is 24.6 Å². The largest absolute Gasteiger partial charge is 0.496 e. The Morgan fingerprint density at radius 3 is 2.66 bits per heavy atom. The molecule has 7 nitrogen and oxygen atoms in total. The van der Waals surface area contributed by atoms with E-state index in [1.165, 1.54) is 11.3 Å². The lowest BCUT2D eigenvalue weighted by Gasteiger charge is -2.28. The second-order valence-corrected chi connectivity index (χ2v) is 9.64. The van der Waals surface area contributed by atoms with Gasteiger partial charge in [0.25, 0.3) is 11.8 Å². The number of thiophene rings is 1. The summed E-state index contributed by atoms with van der Waals surface area (Å²) in [5.41, 5.74) is 3.04. The maximum atomic E-state index is 13.4. The van der Waals surface area contributed by atoms with Crippen molar-refractivity contribution in [2.45, 2.75) is 25.5 Å². The lowest BCUT2D eigenvalue weighted by atomic mass is 10.1. The molecule has 1 atom stereocenters. The van der Waals surface area contributed by atoms with Crippen molar-refractivity contribution < 1.29 is 19.1 Å². The summed E-state index contributed by atoms with van der Waals surface area (Å²) in [5.74, 6) is 0.250. The Hall–Kier alpha value is -3.36. The summed E-state index contributed by atoms with van der Waals surface area (Å²) in [6, 6.07) is 16.6. The van der Waals surface area contributed by atoms with Gasteiger partial charge in [0, 0.05) is 45.2 Å². The Labute approximate surface area is 210 Å². The quantitative estimate of drug-likeness (QED) is 0.459. The van der Waals surface area contributed by atoms with Crippen molar-refractivity contribution in [1.29, 1.82) is 0 Å². The third kappa shape index (κ3) is 6.01. The number of rotatable bonds is 9. The van der Waals surface area contributed by atoms with E-state index in [9.17, 15) is 9.59 Å². The third-order valence-corrected chi connectivity index (χ3v) is 6.86. The van der Waals surface area contributed by atoms with Crippen LogP contribution < -0.4 is 15.0 Å². The van der Waals surface area contributed by atoms with Gasteiger partial charge in [0.1, 0.15) is 5.75 Å². The zero-order valence-corrected chi connectivity index (χ0v) is 21.1. The highest BCUT2D eigenvalue weighted by atomic mass is 32.1. The highest BCUT2D eigenvalue weighted by molar-refractivity contribution is 7.12. The fourth-order valence-corrected chi connectivity index (χ4v) is 4.96. The number of benzene rings is 2. The van der Waals surface area contributed by atoms with E-state index in [-0.39, 0.29) is 17.9 Å². The minimum atomic E-state index is -0.253. The fraction of sp³-hybridized carbons (Fsp3) is 0.333. The van der Waals surface area contributed by atoms with Crippen LogP contribution in [0.1, 0.15) is 38.4 Å². The molecule has 0 unspecified atom stereocenters. The number of hydrogen-bond acceptors (Lipinski definition) is 6. The Morgan fingerprint density at radius 2 is 1.97 bits per heavy atom. The molecule has 35 heavy (non-hydrogen) atoms. The summed E-state index contributed by atoms with van der Waals surface area (Å²) >= 11 is 1.44. The average molecular weight is 494 g/mol. The third-order valence-electron chi connectivity index (χ3n) is 6.00. The van der Waals surface area contributed by atoms with E-state index in [1.807, 2.05) is 65.7 Å². The van der Waals surface area contributed by atoms with E-state index in [0.717, 1.165) is 30.7 Å². The number of carbonyl (C=O) groups excluding carboxylic acids is 2. The fourth-order valence-electron chi connectivity index (χ4n) is 4.27. The molecule has 1 aliphatic rings. The summed E-state index contributed by atoms with van der Waals surface area (Å²) in [7, 11) is 5.48. The molecule has 1 aromatic heterocycles. The molecule has 2 heterocycles. The van der Waals surface area contributed by atoms with Crippen molar-refractivity contribution >= 4 is 34.5 Å². The van der Waals surface area contributed by atoms with E-state index in [0.29, 0.717) is 35.0 Å². The highest BCUT2D eigenvalue weighted by Crippen LogP contribution is 2.28. The molecular weight excluding hydrogens is 462 g/mol. The van der Waals surface area contributed by atoms with Crippen LogP contribution in [0.2, 0.25) is 0 Å². The van der Waals surface area contributed by atoms with Crippen molar-refractivity contribution in [2.75, 3.05) is 44.6 Å². The topological polar surface area (TPSA) is 71.1 Å². The molecule has 0 saturated carbocycles. The second-order valence-electron chi connectivity index (χ2n) is 8.69. The zero-order chi connectivity index (χ0) is 24.8. The minimum Gasteiger partial charge on any atom is -0.496 e. The van der Waals surface area contributed by atoms with Gasteiger partial charge in [0.2, 0.25) is 0 Å². The number of nitrogens with zero attached hydrogens (tertiary/aromatic N) is 2. The van der Waals surface area contributed by atoms with E-state index in [1.54, 1.807) is 25.3 Å². The molecule has 2 amide bonds. The van der Waals surface area contributed by atoms with Gasteiger partial charge in [-0.15, -0.1) is 11.3 Å². The minimum absolute atomic E-state index is 0.0105. The maximum Gasteiger partial charge on any atom is 0.264 e. The van der Waals surface area contributed by atoms with E-state index < -0.39 is 0 Å². The molecule has 8 heteroatoms. The number of anilines is 2. The van der Waals surface area contributed by atoms with Crippen LogP contribution in [0.4, 0.5) is 11.4 Å². The van der Waals surface area contributed by atoms with Crippen molar-refractivity contribution in [3.63, 3.8) is 0 Å².